The third-order valence-corrected chi connectivity index (χ3v) is 4.53. The van der Waals surface area contributed by atoms with Gasteiger partial charge in [0, 0.05) is 5.39 Å². The van der Waals surface area contributed by atoms with Gasteiger partial charge in [0.25, 0.3) is 15.9 Å². The van der Waals surface area contributed by atoms with Gasteiger partial charge in [-0.3, -0.25) is 14.6 Å². The summed E-state index contributed by atoms with van der Waals surface area (Å²) >= 11 is 0. The number of anilines is 1. The Morgan fingerprint density at radius 2 is 2.00 bits per heavy atom. The molecule has 4 N–H and O–H groups in total. The summed E-state index contributed by atoms with van der Waals surface area (Å²) in [5.41, 5.74) is 5.71. The van der Waals surface area contributed by atoms with E-state index in [-0.39, 0.29) is 16.3 Å². The minimum atomic E-state index is -3.95. The number of H-pyrrole nitrogens is 1. The Hall–Kier alpha value is -2.94. The topological polar surface area (TPSA) is 118 Å². The van der Waals surface area contributed by atoms with Gasteiger partial charge in [0.2, 0.25) is 0 Å². The minimum Gasteiger partial charge on any atom is -0.364 e. The number of nitrogens with zero attached hydrogens (tertiary/aromatic N) is 1. The quantitative estimate of drug-likeness (QED) is 0.671. The molecule has 0 bridgehead atoms. The molecule has 1 amide bonds. The lowest BCUT2D eigenvalue weighted by atomic mass is 10.2. The van der Waals surface area contributed by atoms with Crippen molar-refractivity contribution >= 4 is 32.5 Å². The van der Waals surface area contributed by atoms with Gasteiger partial charge in [-0.15, -0.1) is 0 Å². The molecule has 7 nitrogen and oxygen atoms in total. The number of nitrogens with one attached hydrogen (secondary N) is 2. The average Bonchev–Trinajstić information content (AvgIpc) is 2.89. The van der Waals surface area contributed by atoms with Crippen LogP contribution in [0.4, 0.5) is 10.1 Å². The van der Waals surface area contributed by atoms with E-state index >= 15 is 0 Å². The molecule has 0 spiro atoms. The average molecular weight is 334 g/mol. The Bertz CT molecular complexity index is 1010. The zero-order valence-corrected chi connectivity index (χ0v) is 12.4. The van der Waals surface area contributed by atoms with E-state index in [1.54, 1.807) is 0 Å². The van der Waals surface area contributed by atoms with Crippen LogP contribution in [0, 0.1) is 5.82 Å². The third kappa shape index (κ3) is 2.86. The van der Waals surface area contributed by atoms with Crippen molar-refractivity contribution in [1.82, 2.24) is 10.2 Å². The molecule has 0 fully saturated rings. The van der Waals surface area contributed by atoms with Crippen molar-refractivity contribution in [2.75, 3.05) is 4.72 Å². The van der Waals surface area contributed by atoms with Crippen LogP contribution in [0.5, 0.6) is 0 Å². The number of sulfonamides is 1. The van der Waals surface area contributed by atoms with Crippen molar-refractivity contribution in [2.45, 2.75) is 4.90 Å². The second-order valence-corrected chi connectivity index (χ2v) is 6.44. The molecule has 0 aliphatic heterocycles. The van der Waals surface area contributed by atoms with Crippen LogP contribution in [-0.2, 0) is 10.0 Å². The molecule has 0 atom stereocenters. The number of carbonyl (C=O) groups is 1. The smallest absolute Gasteiger partial charge is 0.269 e. The van der Waals surface area contributed by atoms with Crippen LogP contribution in [-0.4, -0.2) is 24.5 Å². The van der Waals surface area contributed by atoms with E-state index in [0.29, 0.717) is 10.9 Å². The molecule has 0 radical (unpaired) electrons. The number of hydrogen-bond donors (Lipinski definition) is 3. The molecule has 0 aliphatic carbocycles. The van der Waals surface area contributed by atoms with Crippen molar-refractivity contribution in [3.63, 3.8) is 0 Å². The number of hydrogen-bond acceptors (Lipinski definition) is 4. The standard InChI is InChI=1S/C14H11FN4O3S/c15-8-2-1-3-9(6-8)19-23(21,22)10-4-5-12-11(7-10)13(14(16)20)18-17-12/h1-7,19H,(H2,16,20)(H,17,18). The summed E-state index contributed by atoms with van der Waals surface area (Å²) in [5.74, 6) is -1.34. The van der Waals surface area contributed by atoms with Crippen LogP contribution in [0.3, 0.4) is 0 Å². The van der Waals surface area contributed by atoms with Crippen LogP contribution in [0.15, 0.2) is 47.4 Å². The van der Waals surface area contributed by atoms with Crippen molar-refractivity contribution in [3.8, 4) is 0 Å². The lowest BCUT2D eigenvalue weighted by molar-refractivity contribution is 0.0997. The predicted octanol–water partition coefficient (Wildman–Crippen LogP) is 1.60. The SMILES string of the molecule is NC(=O)c1n[nH]c2ccc(S(=O)(=O)Nc3cccc(F)c3)cc12. The van der Waals surface area contributed by atoms with Crippen LogP contribution < -0.4 is 10.5 Å². The maximum absolute atomic E-state index is 13.2. The van der Waals surface area contributed by atoms with Gasteiger partial charge >= 0.3 is 0 Å². The fourth-order valence-electron chi connectivity index (χ4n) is 2.11. The number of primary amides is 1. The Morgan fingerprint density at radius 1 is 1.22 bits per heavy atom. The van der Waals surface area contributed by atoms with Gasteiger partial charge in [0.05, 0.1) is 16.1 Å². The highest BCUT2D eigenvalue weighted by atomic mass is 32.2. The van der Waals surface area contributed by atoms with Crippen LogP contribution in [0.1, 0.15) is 10.5 Å². The molecular formula is C14H11FN4O3S. The maximum Gasteiger partial charge on any atom is 0.269 e. The van der Waals surface area contributed by atoms with Gasteiger partial charge in [-0.05, 0) is 36.4 Å². The summed E-state index contributed by atoms with van der Waals surface area (Å²) in [4.78, 5) is 11.2. The number of fused-ring (bicyclic) bond motifs is 1. The van der Waals surface area contributed by atoms with E-state index < -0.39 is 21.7 Å². The number of halogens is 1. The van der Waals surface area contributed by atoms with Gasteiger partial charge < -0.3 is 5.73 Å². The Balaban J connectivity index is 2.04. The normalized spacial score (nSPS) is 11.5. The van der Waals surface area contributed by atoms with Crippen molar-refractivity contribution in [2.24, 2.45) is 5.73 Å². The molecule has 0 aliphatic rings. The van der Waals surface area contributed by atoms with E-state index in [1.807, 2.05) is 0 Å². The highest BCUT2D eigenvalue weighted by molar-refractivity contribution is 7.92. The van der Waals surface area contributed by atoms with Gasteiger partial charge in [0.15, 0.2) is 5.69 Å². The zero-order valence-electron chi connectivity index (χ0n) is 11.6. The number of aromatic amines is 1. The summed E-state index contributed by atoms with van der Waals surface area (Å²) in [6.07, 6.45) is 0. The van der Waals surface area contributed by atoms with E-state index in [0.717, 1.165) is 6.07 Å². The highest BCUT2D eigenvalue weighted by Gasteiger charge is 2.18. The van der Waals surface area contributed by atoms with E-state index in [1.165, 1.54) is 36.4 Å². The summed E-state index contributed by atoms with van der Waals surface area (Å²) < 4.78 is 40.2. The van der Waals surface area contributed by atoms with Crippen LogP contribution in [0.2, 0.25) is 0 Å². The first-order chi connectivity index (χ1) is 10.9. The second kappa shape index (κ2) is 5.36. The lowest BCUT2D eigenvalue weighted by Gasteiger charge is -2.08. The molecule has 0 unspecified atom stereocenters. The van der Waals surface area contributed by atoms with Gasteiger partial charge in [-0.1, -0.05) is 6.07 Å². The molecule has 1 aromatic heterocycles. The third-order valence-electron chi connectivity index (χ3n) is 3.15. The second-order valence-electron chi connectivity index (χ2n) is 4.76. The number of benzene rings is 2. The Morgan fingerprint density at radius 3 is 2.70 bits per heavy atom. The largest absolute Gasteiger partial charge is 0.364 e. The Labute approximate surface area is 130 Å². The molecule has 2 aromatic carbocycles. The van der Waals surface area contributed by atoms with Crippen molar-refractivity contribution in [3.05, 3.63) is 54.0 Å². The first-order valence-electron chi connectivity index (χ1n) is 6.43. The molecule has 3 rings (SSSR count). The molecular weight excluding hydrogens is 323 g/mol. The number of nitrogens with two attached hydrogens (primary N) is 1. The number of aromatic nitrogens is 2. The molecule has 9 heteroatoms. The Kier molecular flexibility index (Phi) is 3.49. The minimum absolute atomic E-state index is 0.0530. The van der Waals surface area contributed by atoms with Crippen molar-refractivity contribution < 1.29 is 17.6 Å². The van der Waals surface area contributed by atoms with E-state index in [2.05, 4.69) is 14.9 Å². The van der Waals surface area contributed by atoms with Gasteiger partial charge in [-0.25, -0.2) is 12.8 Å². The summed E-state index contributed by atoms with van der Waals surface area (Å²) in [5, 5.41) is 6.63. The fraction of sp³-hybridized carbons (Fsp3) is 0. The fourth-order valence-corrected chi connectivity index (χ4v) is 3.19. The van der Waals surface area contributed by atoms with Crippen molar-refractivity contribution in [1.29, 1.82) is 0 Å². The zero-order chi connectivity index (χ0) is 16.6. The monoisotopic (exact) mass is 334 g/mol. The number of amides is 1. The summed E-state index contributed by atoms with van der Waals surface area (Å²) in [6, 6.07) is 9.16. The first-order valence-corrected chi connectivity index (χ1v) is 7.91. The highest BCUT2D eigenvalue weighted by Crippen LogP contribution is 2.22. The van der Waals surface area contributed by atoms with Gasteiger partial charge in [0.1, 0.15) is 5.82 Å². The van der Waals surface area contributed by atoms with Crippen LogP contribution >= 0.6 is 0 Å². The summed E-state index contributed by atoms with van der Waals surface area (Å²) in [6.45, 7) is 0. The number of carbonyl (C=O) groups excluding carboxylic acids is 1. The maximum atomic E-state index is 13.2. The summed E-state index contributed by atoms with van der Waals surface area (Å²) in [7, 11) is -3.95. The van der Waals surface area contributed by atoms with Gasteiger partial charge in [-0.2, -0.15) is 5.10 Å². The molecule has 1 heterocycles. The molecule has 0 saturated carbocycles. The van der Waals surface area contributed by atoms with E-state index in [9.17, 15) is 17.6 Å². The number of rotatable bonds is 4. The molecule has 0 saturated heterocycles. The lowest BCUT2D eigenvalue weighted by Crippen LogP contribution is -2.14. The van der Waals surface area contributed by atoms with E-state index in [4.69, 9.17) is 5.73 Å². The first kappa shape index (κ1) is 15.0. The predicted molar refractivity (Wildman–Crippen MR) is 81.8 cm³/mol. The molecule has 3 aromatic rings. The molecule has 23 heavy (non-hydrogen) atoms. The molecule has 118 valence electrons. The van der Waals surface area contributed by atoms with Crippen LogP contribution in [0.25, 0.3) is 10.9 Å².